The number of anilines is 1. The highest BCUT2D eigenvalue weighted by atomic mass is 32.2. The largest absolute Gasteiger partial charge is 0.507 e. The Labute approximate surface area is 169 Å². The number of carbonyl (C=O) groups is 1. The molecule has 0 heterocycles. The number of phenols is 1. The third-order valence-corrected chi connectivity index (χ3v) is 5.39. The van der Waals surface area contributed by atoms with E-state index in [-0.39, 0.29) is 22.2 Å². The van der Waals surface area contributed by atoms with Gasteiger partial charge in [-0.1, -0.05) is 29.8 Å². The van der Waals surface area contributed by atoms with Crippen molar-refractivity contribution in [2.24, 2.45) is 0 Å². The fourth-order valence-electron chi connectivity index (χ4n) is 2.65. The predicted octanol–water partition coefficient (Wildman–Crippen LogP) is 3.94. The van der Waals surface area contributed by atoms with Gasteiger partial charge in [-0.15, -0.1) is 0 Å². The van der Waals surface area contributed by atoms with Crippen LogP contribution in [-0.2, 0) is 16.4 Å². The van der Waals surface area contributed by atoms with Gasteiger partial charge in [-0.05, 0) is 55.0 Å². The van der Waals surface area contributed by atoms with Crippen LogP contribution in [0.25, 0.3) is 0 Å². The fraction of sp³-hybridized carbons (Fsp3) is 0.136. The number of phenolic OH excluding ortho intramolecular Hbond substituents is 1. The molecule has 3 rings (SSSR count). The molecule has 6 nitrogen and oxygen atoms in total. The molecule has 0 aliphatic rings. The molecule has 1 amide bonds. The normalized spacial score (nSPS) is 11.1. The lowest BCUT2D eigenvalue weighted by atomic mass is 10.1. The van der Waals surface area contributed by atoms with Crippen molar-refractivity contribution in [2.75, 3.05) is 11.6 Å². The van der Waals surface area contributed by atoms with E-state index < -0.39 is 9.84 Å². The minimum Gasteiger partial charge on any atom is -0.507 e. The van der Waals surface area contributed by atoms with Crippen LogP contribution < -0.4 is 10.1 Å². The first-order valence-corrected chi connectivity index (χ1v) is 10.7. The number of amides is 1. The smallest absolute Gasteiger partial charge is 0.255 e. The Morgan fingerprint density at radius 1 is 1.00 bits per heavy atom. The summed E-state index contributed by atoms with van der Waals surface area (Å²) in [5.41, 5.74) is 2.76. The van der Waals surface area contributed by atoms with Crippen LogP contribution >= 0.6 is 0 Å². The van der Waals surface area contributed by atoms with E-state index in [1.807, 2.05) is 31.2 Å². The minimum absolute atomic E-state index is 0.237. The lowest BCUT2D eigenvalue weighted by Crippen LogP contribution is -2.12. The maximum absolute atomic E-state index is 12.4. The standard InChI is InChI=1S/C22H21NO5S/c1-15-3-10-19(11-4-15)28-14-16-5-7-17(8-6-16)22(25)23-18-9-12-20(24)21(13-18)29(2,26)27/h3-13,24H,14H2,1-2H3,(H,23,25). The number of nitrogens with one attached hydrogen (secondary N) is 1. The second-order valence-electron chi connectivity index (χ2n) is 6.71. The summed E-state index contributed by atoms with van der Waals surface area (Å²) in [5.74, 6) is 0.0241. The zero-order valence-corrected chi connectivity index (χ0v) is 16.9. The number of sulfone groups is 1. The molecule has 0 radical (unpaired) electrons. The van der Waals surface area contributed by atoms with Crippen molar-refractivity contribution in [2.45, 2.75) is 18.4 Å². The molecule has 150 valence electrons. The van der Waals surface area contributed by atoms with Crippen molar-refractivity contribution in [1.29, 1.82) is 0 Å². The summed E-state index contributed by atoms with van der Waals surface area (Å²) >= 11 is 0. The van der Waals surface area contributed by atoms with Crippen LogP contribution in [0.5, 0.6) is 11.5 Å². The summed E-state index contributed by atoms with van der Waals surface area (Å²) in [4.78, 5) is 12.2. The van der Waals surface area contributed by atoms with Crippen LogP contribution in [0.1, 0.15) is 21.5 Å². The molecule has 0 aliphatic heterocycles. The topological polar surface area (TPSA) is 92.7 Å². The van der Waals surface area contributed by atoms with Gasteiger partial charge in [0.1, 0.15) is 23.0 Å². The Balaban J connectivity index is 1.65. The number of benzene rings is 3. The van der Waals surface area contributed by atoms with Gasteiger partial charge in [-0.2, -0.15) is 0 Å². The van der Waals surface area contributed by atoms with Crippen molar-refractivity contribution >= 4 is 21.4 Å². The lowest BCUT2D eigenvalue weighted by Gasteiger charge is -2.09. The quantitative estimate of drug-likeness (QED) is 0.600. The molecule has 0 atom stereocenters. The molecule has 7 heteroatoms. The molecule has 0 unspecified atom stereocenters. The Hall–Kier alpha value is -3.32. The highest BCUT2D eigenvalue weighted by Gasteiger charge is 2.15. The Morgan fingerprint density at radius 3 is 2.28 bits per heavy atom. The van der Waals surface area contributed by atoms with Crippen molar-refractivity contribution in [1.82, 2.24) is 0 Å². The molecule has 3 aromatic rings. The maximum atomic E-state index is 12.4. The Kier molecular flexibility index (Phi) is 5.89. The molecule has 0 bridgehead atoms. The zero-order valence-electron chi connectivity index (χ0n) is 16.0. The summed E-state index contributed by atoms with van der Waals surface area (Å²) < 4.78 is 29.1. The average Bonchev–Trinajstić information content (AvgIpc) is 2.68. The van der Waals surface area contributed by atoms with E-state index in [0.717, 1.165) is 23.1 Å². The molecular weight excluding hydrogens is 390 g/mol. The van der Waals surface area contributed by atoms with Gasteiger partial charge in [0.15, 0.2) is 9.84 Å². The molecule has 29 heavy (non-hydrogen) atoms. The van der Waals surface area contributed by atoms with E-state index >= 15 is 0 Å². The highest BCUT2D eigenvalue weighted by molar-refractivity contribution is 7.90. The second kappa shape index (κ2) is 8.36. The van der Waals surface area contributed by atoms with E-state index in [4.69, 9.17) is 4.74 Å². The van der Waals surface area contributed by atoms with Crippen molar-refractivity contribution in [3.8, 4) is 11.5 Å². The first kappa shape index (κ1) is 20.4. The number of carbonyl (C=O) groups excluding carboxylic acids is 1. The summed E-state index contributed by atoms with van der Waals surface area (Å²) in [6, 6.07) is 18.6. The summed E-state index contributed by atoms with van der Waals surface area (Å²) in [5, 5.41) is 12.3. The Morgan fingerprint density at radius 2 is 1.66 bits per heavy atom. The Bertz CT molecular complexity index is 1120. The molecule has 0 aromatic heterocycles. The predicted molar refractivity (Wildman–Crippen MR) is 111 cm³/mol. The third-order valence-electron chi connectivity index (χ3n) is 4.26. The first-order valence-electron chi connectivity index (χ1n) is 8.85. The SMILES string of the molecule is Cc1ccc(OCc2ccc(C(=O)Nc3ccc(O)c(S(C)(=O)=O)c3)cc2)cc1. The number of hydrogen-bond acceptors (Lipinski definition) is 5. The molecule has 0 fully saturated rings. The maximum Gasteiger partial charge on any atom is 0.255 e. The van der Waals surface area contributed by atoms with E-state index in [1.165, 1.54) is 18.2 Å². The third kappa shape index (κ3) is 5.36. The van der Waals surface area contributed by atoms with Crippen LogP contribution in [0, 0.1) is 6.92 Å². The summed E-state index contributed by atoms with van der Waals surface area (Å²) in [7, 11) is -3.61. The van der Waals surface area contributed by atoms with Crippen molar-refractivity contribution in [3.63, 3.8) is 0 Å². The van der Waals surface area contributed by atoms with Gasteiger partial charge in [0, 0.05) is 17.5 Å². The average molecular weight is 411 g/mol. The van der Waals surface area contributed by atoms with Gasteiger partial charge in [-0.3, -0.25) is 4.79 Å². The van der Waals surface area contributed by atoms with E-state index in [0.29, 0.717) is 12.2 Å². The molecule has 0 spiro atoms. The van der Waals surface area contributed by atoms with Gasteiger partial charge < -0.3 is 15.2 Å². The summed E-state index contributed by atoms with van der Waals surface area (Å²) in [6.45, 7) is 2.38. The van der Waals surface area contributed by atoms with Crippen LogP contribution in [-0.4, -0.2) is 25.7 Å². The first-order chi connectivity index (χ1) is 13.7. The number of hydrogen-bond donors (Lipinski definition) is 2. The lowest BCUT2D eigenvalue weighted by molar-refractivity contribution is 0.102. The van der Waals surface area contributed by atoms with E-state index in [1.54, 1.807) is 24.3 Å². The van der Waals surface area contributed by atoms with Crippen LogP contribution in [0.4, 0.5) is 5.69 Å². The van der Waals surface area contributed by atoms with Crippen LogP contribution in [0.3, 0.4) is 0 Å². The molecule has 0 aliphatic carbocycles. The van der Waals surface area contributed by atoms with Gasteiger partial charge in [-0.25, -0.2) is 8.42 Å². The van der Waals surface area contributed by atoms with Gasteiger partial charge in [0.2, 0.25) is 0 Å². The highest BCUT2D eigenvalue weighted by Crippen LogP contribution is 2.26. The molecule has 3 aromatic carbocycles. The monoisotopic (exact) mass is 411 g/mol. The molecule has 0 saturated carbocycles. The van der Waals surface area contributed by atoms with Crippen molar-refractivity contribution in [3.05, 3.63) is 83.4 Å². The van der Waals surface area contributed by atoms with E-state index in [9.17, 15) is 18.3 Å². The molecule has 0 saturated heterocycles. The zero-order chi connectivity index (χ0) is 21.0. The molecular formula is C22H21NO5S. The second-order valence-corrected chi connectivity index (χ2v) is 8.69. The van der Waals surface area contributed by atoms with Gasteiger partial charge in [0.25, 0.3) is 5.91 Å². The number of rotatable bonds is 6. The molecule has 2 N–H and O–H groups in total. The number of ether oxygens (including phenoxy) is 1. The summed E-state index contributed by atoms with van der Waals surface area (Å²) in [6.07, 6.45) is 0.991. The van der Waals surface area contributed by atoms with Crippen molar-refractivity contribution < 1.29 is 23.1 Å². The van der Waals surface area contributed by atoms with Gasteiger partial charge >= 0.3 is 0 Å². The minimum atomic E-state index is -3.61. The van der Waals surface area contributed by atoms with Crippen LogP contribution in [0.15, 0.2) is 71.6 Å². The van der Waals surface area contributed by atoms with Gasteiger partial charge in [0.05, 0.1) is 0 Å². The van der Waals surface area contributed by atoms with E-state index in [2.05, 4.69) is 5.32 Å². The number of aryl methyl sites for hydroxylation is 1. The van der Waals surface area contributed by atoms with Crippen LogP contribution in [0.2, 0.25) is 0 Å². The number of aromatic hydroxyl groups is 1. The fourth-order valence-corrected chi connectivity index (χ4v) is 3.43.